The monoisotopic (exact) mass is 206 g/mol. The van der Waals surface area contributed by atoms with E-state index >= 15 is 0 Å². The van der Waals surface area contributed by atoms with E-state index in [-0.39, 0.29) is 0 Å². The molecule has 1 N–H and O–H groups in total. The van der Waals surface area contributed by atoms with Gasteiger partial charge in [-0.05, 0) is 19.5 Å². The lowest BCUT2D eigenvalue weighted by atomic mass is 10.4. The first-order valence-corrected chi connectivity index (χ1v) is 5.04. The van der Waals surface area contributed by atoms with Gasteiger partial charge in [-0.1, -0.05) is 15.9 Å². The summed E-state index contributed by atoms with van der Waals surface area (Å²) in [5.41, 5.74) is 0. The predicted octanol–water partition coefficient (Wildman–Crippen LogP) is 0.677. The average molecular weight is 207 g/mol. The number of nitrogens with one attached hydrogen (secondary N) is 1. The first kappa shape index (κ1) is 8.50. The van der Waals surface area contributed by atoms with Gasteiger partial charge >= 0.3 is 0 Å². The predicted molar refractivity (Wildman–Crippen MR) is 47.7 cm³/mol. The second kappa shape index (κ2) is 5.10. The van der Waals surface area contributed by atoms with Gasteiger partial charge in [0, 0.05) is 25.0 Å². The molecule has 0 atom stereocenters. The van der Waals surface area contributed by atoms with Crippen LogP contribution < -0.4 is 5.32 Å². The fraction of sp³-hybridized carbons (Fsp3) is 1.00. The minimum Gasteiger partial charge on any atom is -0.315 e. The maximum absolute atomic E-state index is 3.45. The fourth-order valence-corrected chi connectivity index (χ4v) is 1.75. The largest absolute Gasteiger partial charge is 0.315 e. The van der Waals surface area contributed by atoms with Gasteiger partial charge in [0.1, 0.15) is 0 Å². The average Bonchev–Trinajstić information content (AvgIpc) is 2.17. The zero-order valence-corrected chi connectivity index (χ0v) is 7.86. The Morgan fingerprint density at radius 1 is 1.30 bits per heavy atom. The van der Waals surface area contributed by atoms with Crippen LogP contribution in [0.2, 0.25) is 0 Å². The molecule has 60 valence electrons. The summed E-state index contributed by atoms with van der Waals surface area (Å²) in [6.45, 7) is 6.03. The molecule has 10 heavy (non-hydrogen) atoms. The van der Waals surface area contributed by atoms with Crippen LogP contribution in [0.4, 0.5) is 0 Å². The van der Waals surface area contributed by atoms with Crippen molar-refractivity contribution < 1.29 is 0 Å². The summed E-state index contributed by atoms with van der Waals surface area (Å²) >= 11 is 3.45. The fourth-order valence-electron chi connectivity index (χ4n) is 1.24. The Morgan fingerprint density at radius 2 is 2.20 bits per heavy atom. The molecule has 0 spiro atoms. The Balaban J connectivity index is 2.15. The molecule has 0 saturated carbocycles. The number of nitrogens with zero attached hydrogens (tertiary/aromatic N) is 1. The Kier molecular flexibility index (Phi) is 4.34. The minimum absolute atomic E-state index is 1.10. The van der Waals surface area contributed by atoms with Crippen molar-refractivity contribution in [3.8, 4) is 0 Å². The third kappa shape index (κ3) is 2.99. The maximum Gasteiger partial charge on any atom is 0.0159 e. The molecule has 1 aliphatic rings. The smallest absolute Gasteiger partial charge is 0.0159 e. The van der Waals surface area contributed by atoms with Crippen molar-refractivity contribution >= 4 is 15.9 Å². The molecular formula is C7H15BrN2. The van der Waals surface area contributed by atoms with Gasteiger partial charge in [0.2, 0.25) is 0 Å². The molecule has 2 nitrogen and oxygen atoms in total. The quantitative estimate of drug-likeness (QED) is 0.670. The van der Waals surface area contributed by atoms with Crippen LogP contribution in [0.25, 0.3) is 0 Å². The minimum atomic E-state index is 1.10. The third-order valence-corrected chi connectivity index (χ3v) is 2.19. The maximum atomic E-state index is 3.45. The highest BCUT2D eigenvalue weighted by atomic mass is 79.9. The summed E-state index contributed by atoms with van der Waals surface area (Å²) in [4.78, 5) is 2.49. The highest BCUT2D eigenvalue weighted by molar-refractivity contribution is 9.09. The van der Waals surface area contributed by atoms with Crippen LogP contribution in [-0.2, 0) is 0 Å². The van der Waals surface area contributed by atoms with Gasteiger partial charge in [-0.3, -0.25) is 0 Å². The molecule has 0 radical (unpaired) electrons. The molecule has 0 aromatic rings. The van der Waals surface area contributed by atoms with E-state index in [1.54, 1.807) is 0 Å². The van der Waals surface area contributed by atoms with E-state index in [2.05, 4.69) is 26.1 Å². The van der Waals surface area contributed by atoms with Gasteiger partial charge in [0.05, 0.1) is 0 Å². The van der Waals surface area contributed by atoms with Crippen LogP contribution >= 0.6 is 15.9 Å². The summed E-state index contributed by atoms with van der Waals surface area (Å²) in [5, 5.41) is 4.48. The molecule has 1 aliphatic heterocycles. The molecule has 0 aromatic heterocycles. The second-order valence-electron chi connectivity index (χ2n) is 2.63. The Hall–Kier alpha value is 0.400. The molecule has 0 aromatic carbocycles. The van der Waals surface area contributed by atoms with Crippen molar-refractivity contribution in [2.45, 2.75) is 6.42 Å². The number of halogens is 1. The van der Waals surface area contributed by atoms with E-state index in [1.807, 2.05) is 0 Å². The first-order chi connectivity index (χ1) is 4.93. The zero-order valence-electron chi connectivity index (χ0n) is 6.27. The van der Waals surface area contributed by atoms with Crippen molar-refractivity contribution in [3.63, 3.8) is 0 Å². The highest BCUT2D eigenvalue weighted by Crippen LogP contribution is 1.95. The molecule has 0 bridgehead atoms. The van der Waals surface area contributed by atoms with E-state index in [4.69, 9.17) is 0 Å². The standard InChI is InChI=1S/C7H15BrN2/c8-2-6-10-5-1-3-9-4-7-10/h9H,1-7H2. The SMILES string of the molecule is BrCCN1CCCNCC1. The van der Waals surface area contributed by atoms with Crippen molar-refractivity contribution in [3.05, 3.63) is 0 Å². The van der Waals surface area contributed by atoms with Crippen molar-refractivity contribution in [2.24, 2.45) is 0 Å². The van der Waals surface area contributed by atoms with Crippen LogP contribution in [0, 0.1) is 0 Å². The lowest BCUT2D eigenvalue weighted by Gasteiger charge is -2.16. The van der Waals surface area contributed by atoms with Crippen LogP contribution in [0.3, 0.4) is 0 Å². The van der Waals surface area contributed by atoms with Gasteiger partial charge in [0.15, 0.2) is 0 Å². The van der Waals surface area contributed by atoms with Crippen LogP contribution in [-0.4, -0.2) is 43.0 Å². The molecule has 1 rings (SSSR count). The Morgan fingerprint density at radius 3 is 3.00 bits per heavy atom. The molecule has 0 aliphatic carbocycles. The summed E-state index contributed by atoms with van der Waals surface area (Å²) in [7, 11) is 0. The molecule has 0 unspecified atom stereocenters. The summed E-state index contributed by atoms with van der Waals surface area (Å²) in [5.74, 6) is 0. The number of hydrogen-bond donors (Lipinski definition) is 1. The summed E-state index contributed by atoms with van der Waals surface area (Å²) in [6.07, 6.45) is 1.30. The Labute approximate surface area is 71.1 Å². The normalized spacial score (nSPS) is 22.5. The molecule has 1 heterocycles. The van der Waals surface area contributed by atoms with E-state index < -0.39 is 0 Å². The molecule has 1 fully saturated rings. The number of hydrogen-bond acceptors (Lipinski definition) is 2. The van der Waals surface area contributed by atoms with Crippen LogP contribution in [0.15, 0.2) is 0 Å². The first-order valence-electron chi connectivity index (χ1n) is 3.92. The summed E-state index contributed by atoms with van der Waals surface area (Å²) in [6, 6.07) is 0. The van der Waals surface area contributed by atoms with Crippen LogP contribution in [0.5, 0.6) is 0 Å². The zero-order chi connectivity index (χ0) is 7.23. The number of rotatable bonds is 2. The molecular weight excluding hydrogens is 192 g/mol. The van der Waals surface area contributed by atoms with Gasteiger partial charge in [-0.2, -0.15) is 0 Å². The van der Waals surface area contributed by atoms with Crippen molar-refractivity contribution in [1.82, 2.24) is 10.2 Å². The topological polar surface area (TPSA) is 15.3 Å². The van der Waals surface area contributed by atoms with Crippen molar-refractivity contribution in [1.29, 1.82) is 0 Å². The second-order valence-corrected chi connectivity index (χ2v) is 3.43. The van der Waals surface area contributed by atoms with E-state index in [0.29, 0.717) is 0 Å². The lowest BCUT2D eigenvalue weighted by Crippen LogP contribution is -2.29. The van der Waals surface area contributed by atoms with Gasteiger partial charge in [-0.25, -0.2) is 0 Å². The Bertz CT molecular complexity index is 79.7. The van der Waals surface area contributed by atoms with E-state index in [1.165, 1.54) is 32.6 Å². The van der Waals surface area contributed by atoms with Crippen LogP contribution in [0.1, 0.15) is 6.42 Å². The van der Waals surface area contributed by atoms with Gasteiger partial charge in [0.25, 0.3) is 0 Å². The number of alkyl halides is 1. The molecule has 0 amide bonds. The highest BCUT2D eigenvalue weighted by Gasteiger charge is 2.05. The lowest BCUT2D eigenvalue weighted by molar-refractivity contribution is 0.312. The molecule has 1 saturated heterocycles. The van der Waals surface area contributed by atoms with E-state index in [0.717, 1.165) is 11.9 Å². The van der Waals surface area contributed by atoms with Gasteiger partial charge in [-0.15, -0.1) is 0 Å². The van der Waals surface area contributed by atoms with E-state index in [9.17, 15) is 0 Å². The molecule has 3 heteroatoms. The van der Waals surface area contributed by atoms with Gasteiger partial charge < -0.3 is 10.2 Å². The third-order valence-electron chi connectivity index (χ3n) is 1.83. The summed E-state index contributed by atoms with van der Waals surface area (Å²) < 4.78 is 0. The van der Waals surface area contributed by atoms with Crippen molar-refractivity contribution in [2.75, 3.05) is 38.1 Å².